The summed E-state index contributed by atoms with van der Waals surface area (Å²) in [5.74, 6) is -0.479. The van der Waals surface area contributed by atoms with Crippen LogP contribution in [0.25, 0.3) is 0 Å². The third-order valence-corrected chi connectivity index (χ3v) is 4.84. The summed E-state index contributed by atoms with van der Waals surface area (Å²) in [6.07, 6.45) is -3.47. The number of likely N-dealkylation sites (tertiary alicyclic amines) is 1. The van der Waals surface area contributed by atoms with Crippen molar-refractivity contribution in [2.75, 3.05) is 20.8 Å². The molecule has 26 heavy (non-hydrogen) atoms. The Bertz CT molecular complexity index is 753. The Hall–Kier alpha value is -2.44. The smallest absolute Gasteiger partial charge is 0.471 e. The normalized spacial score (nSPS) is 20.8. The number of carbonyl (C=O) groups excluding carboxylic acids is 1. The minimum absolute atomic E-state index is 0.0272. The maximum atomic E-state index is 13.2. The van der Waals surface area contributed by atoms with Crippen molar-refractivity contribution < 1.29 is 27.4 Å². The number of ether oxygens (including phenoxy) is 2. The molecular formula is C19H20F3NO3. The number of methoxy groups -OCH3 is 2. The van der Waals surface area contributed by atoms with Crippen LogP contribution in [0.1, 0.15) is 30.9 Å². The van der Waals surface area contributed by atoms with Gasteiger partial charge >= 0.3 is 12.1 Å². The summed E-state index contributed by atoms with van der Waals surface area (Å²) >= 11 is 0. The first-order chi connectivity index (χ1) is 12.4. The predicted molar refractivity (Wildman–Crippen MR) is 88.9 cm³/mol. The van der Waals surface area contributed by atoms with Crippen molar-refractivity contribution in [1.82, 2.24) is 4.90 Å². The molecule has 0 saturated carbocycles. The average Bonchev–Trinajstić information content (AvgIpc) is 2.65. The first kappa shape index (κ1) is 18.4. The van der Waals surface area contributed by atoms with Crippen LogP contribution in [0.3, 0.4) is 0 Å². The van der Waals surface area contributed by atoms with E-state index in [1.54, 1.807) is 37.4 Å². The zero-order valence-corrected chi connectivity index (χ0v) is 14.6. The number of piperidine rings is 1. The Morgan fingerprint density at radius 1 is 1.04 bits per heavy atom. The summed E-state index contributed by atoms with van der Waals surface area (Å²) in [6.45, 7) is -0.0272. The molecule has 7 heteroatoms. The van der Waals surface area contributed by atoms with Gasteiger partial charge in [-0.25, -0.2) is 0 Å². The van der Waals surface area contributed by atoms with Crippen LogP contribution < -0.4 is 0 Å². The van der Waals surface area contributed by atoms with Gasteiger partial charge in [0, 0.05) is 30.5 Å². The molecule has 1 aliphatic heterocycles. The number of benzene rings is 1. The van der Waals surface area contributed by atoms with E-state index in [1.165, 1.54) is 7.11 Å². The van der Waals surface area contributed by atoms with E-state index < -0.39 is 18.1 Å². The lowest BCUT2D eigenvalue weighted by molar-refractivity contribution is -0.187. The van der Waals surface area contributed by atoms with Crippen LogP contribution >= 0.6 is 0 Å². The van der Waals surface area contributed by atoms with Crippen molar-refractivity contribution in [3.8, 4) is 0 Å². The summed E-state index contributed by atoms with van der Waals surface area (Å²) in [4.78, 5) is 13.0. The lowest BCUT2D eigenvalue weighted by Gasteiger charge is -2.42. The van der Waals surface area contributed by atoms with Crippen molar-refractivity contribution in [2.45, 2.75) is 31.5 Å². The van der Waals surface area contributed by atoms with Crippen LogP contribution in [0.5, 0.6) is 0 Å². The number of halogens is 3. The second-order valence-electron chi connectivity index (χ2n) is 6.21. The van der Waals surface area contributed by atoms with Crippen molar-refractivity contribution in [2.24, 2.45) is 0 Å². The fourth-order valence-electron chi connectivity index (χ4n) is 3.74. The Kier molecular flexibility index (Phi) is 4.98. The van der Waals surface area contributed by atoms with E-state index in [9.17, 15) is 18.0 Å². The number of alkyl halides is 3. The Morgan fingerprint density at radius 3 is 2.23 bits per heavy atom. The van der Waals surface area contributed by atoms with Gasteiger partial charge in [-0.2, -0.15) is 13.2 Å². The standard InChI is InChI=1S/C19H20F3NO3/c1-25-14-8-9-15(26-2)16-13(14)10-11-23(18(24)19(20,21)22)17(16)12-6-4-3-5-7-12/h3-7,17H,8-11H2,1-2H3. The van der Waals surface area contributed by atoms with Gasteiger partial charge in [-0.3, -0.25) is 4.79 Å². The Labute approximate surface area is 149 Å². The third-order valence-electron chi connectivity index (χ3n) is 4.84. The number of nitrogens with zero attached hydrogens (tertiary/aromatic N) is 1. The second kappa shape index (κ2) is 7.05. The van der Waals surface area contributed by atoms with Gasteiger partial charge in [0.2, 0.25) is 0 Å². The van der Waals surface area contributed by atoms with Crippen LogP contribution in [0.2, 0.25) is 0 Å². The fourth-order valence-corrected chi connectivity index (χ4v) is 3.74. The largest absolute Gasteiger partial charge is 0.501 e. The number of carbonyl (C=O) groups is 1. The van der Waals surface area contributed by atoms with Gasteiger partial charge in [0.25, 0.3) is 0 Å². The molecule has 1 aliphatic carbocycles. The highest BCUT2D eigenvalue weighted by Crippen LogP contribution is 2.47. The molecule has 3 rings (SSSR count). The number of allylic oxidation sites excluding steroid dienone is 2. The summed E-state index contributed by atoms with van der Waals surface area (Å²) in [7, 11) is 3.06. The molecular weight excluding hydrogens is 347 g/mol. The molecule has 4 nitrogen and oxygen atoms in total. The minimum Gasteiger partial charge on any atom is -0.501 e. The van der Waals surface area contributed by atoms with Gasteiger partial charge in [0.05, 0.1) is 26.0 Å². The topological polar surface area (TPSA) is 38.8 Å². The summed E-state index contributed by atoms with van der Waals surface area (Å²) < 4.78 is 50.5. The summed E-state index contributed by atoms with van der Waals surface area (Å²) in [5, 5.41) is 0. The summed E-state index contributed by atoms with van der Waals surface area (Å²) in [5.41, 5.74) is 2.07. The molecule has 1 atom stereocenters. The third kappa shape index (κ3) is 3.18. The molecule has 0 aromatic heterocycles. The number of amides is 1. The second-order valence-corrected chi connectivity index (χ2v) is 6.21. The molecule has 1 saturated heterocycles. The lowest BCUT2D eigenvalue weighted by atomic mass is 9.80. The molecule has 1 aromatic rings. The van der Waals surface area contributed by atoms with Crippen molar-refractivity contribution >= 4 is 5.91 Å². The van der Waals surface area contributed by atoms with Gasteiger partial charge in [-0.15, -0.1) is 0 Å². The van der Waals surface area contributed by atoms with Crippen LogP contribution in [-0.2, 0) is 14.3 Å². The van der Waals surface area contributed by atoms with Gasteiger partial charge in [0.15, 0.2) is 0 Å². The molecule has 1 fully saturated rings. The van der Waals surface area contributed by atoms with E-state index in [1.807, 2.05) is 0 Å². The highest BCUT2D eigenvalue weighted by Gasteiger charge is 2.48. The fraction of sp³-hybridized carbons (Fsp3) is 0.421. The number of rotatable bonds is 3. The maximum Gasteiger partial charge on any atom is 0.471 e. The minimum atomic E-state index is -4.93. The molecule has 2 aliphatic rings. The van der Waals surface area contributed by atoms with Crippen molar-refractivity contribution in [3.05, 3.63) is 58.6 Å². The van der Waals surface area contributed by atoms with E-state index in [0.29, 0.717) is 36.2 Å². The molecule has 1 aromatic carbocycles. The maximum absolute atomic E-state index is 13.2. The van der Waals surface area contributed by atoms with E-state index in [-0.39, 0.29) is 6.54 Å². The quantitative estimate of drug-likeness (QED) is 0.807. The molecule has 0 radical (unpaired) electrons. The Morgan fingerprint density at radius 2 is 1.65 bits per heavy atom. The van der Waals surface area contributed by atoms with Gasteiger partial charge in [0.1, 0.15) is 5.76 Å². The Balaban J connectivity index is 2.18. The lowest BCUT2D eigenvalue weighted by Crippen LogP contribution is -2.47. The first-order valence-corrected chi connectivity index (χ1v) is 8.34. The molecule has 140 valence electrons. The summed E-state index contributed by atoms with van der Waals surface area (Å²) in [6, 6.07) is 7.88. The average molecular weight is 367 g/mol. The number of hydrogen-bond acceptors (Lipinski definition) is 3. The zero-order valence-electron chi connectivity index (χ0n) is 14.6. The highest BCUT2D eigenvalue weighted by atomic mass is 19.4. The van der Waals surface area contributed by atoms with E-state index >= 15 is 0 Å². The highest BCUT2D eigenvalue weighted by molar-refractivity contribution is 5.83. The molecule has 1 heterocycles. The van der Waals surface area contributed by atoms with Crippen LogP contribution in [0, 0.1) is 0 Å². The van der Waals surface area contributed by atoms with Crippen LogP contribution in [0.4, 0.5) is 13.2 Å². The van der Waals surface area contributed by atoms with Crippen molar-refractivity contribution in [3.63, 3.8) is 0 Å². The zero-order chi connectivity index (χ0) is 18.9. The van der Waals surface area contributed by atoms with Crippen LogP contribution in [-0.4, -0.2) is 37.7 Å². The molecule has 1 amide bonds. The van der Waals surface area contributed by atoms with E-state index in [2.05, 4.69) is 0 Å². The van der Waals surface area contributed by atoms with Crippen LogP contribution in [0.15, 0.2) is 53.0 Å². The number of fused-ring (bicyclic) bond motifs is 1. The monoisotopic (exact) mass is 367 g/mol. The van der Waals surface area contributed by atoms with Gasteiger partial charge in [-0.1, -0.05) is 30.3 Å². The van der Waals surface area contributed by atoms with Gasteiger partial charge < -0.3 is 14.4 Å². The molecule has 0 bridgehead atoms. The SMILES string of the molecule is COC1=C2CCN(C(=O)C(F)(F)F)C(c3ccccc3)C2=C(OC)CC1. The van der Waals surface area contributed by atoms with E-state index in [4.69, 9.17) is 9.47 Å². The first-order valence-electron chi connectivity index (χ1n) is 8.34. The molecule has 1 unspecified atom stereocenters. The van der Waals surface area contributed by atoms with Crippen molar-refractivity contribution in [1.29, 1.82) is 0 Å². The van der Waals surface area contributed by atoms with Gasteiger partial charge in [-0.05, 0) is 12.0 Å². The molecule has 0 spiro atoms. The molecule has 0 N–H and O–H groups in total. The predicted octanol–water partition coefficient (Wildman–Crippen LogP) is 4.12. The van der Waals surface area contributed by atoms with E-state index in [0.717, 1.165) is 16.2 Å². The number of hydrogen-bond donors (Lipinski definition) is 0.